The number of benzene rings is 1. The van der Waals surface area contributed by atoms with Crippen molar-refractivity contribution in [3.8, 4) is 0 Å². The number of amides is 2. The Bertz CT molecular complexity index is 597. The molecule has 6 heteroatoms. The van der Waals surface area contributed by atoms with E-state index in [1.165, 1.54) is 5.56 Å². The minimum absolute atomic E-state index is 0.0352. The fraction of sp³-hybridized carbons (Fsp3) is 0.556. The van der Waals surface area contributed by atoms with Crippen LogP contribution in [0.2, 0.25) is 0 Å². The van der Waals surface area contributed by atoms with Gasteiger partial charge in [-0.1, -0.05) is 37.3 Å². The van der Waals surface area contributed by atoms with Crippen LogP contribution < -0.4 is 5.73 Å². The zero-order valence-electron chi connectivity index (χ0n) is 14.1. The minimum Gasteiger partial charge on any atom is -0.441 e. The van der Waals surface area contributed by atoms with E-state index >= 15 is 0 Å². The number of piperidine rings is 1. The molecule has 2 amide bonds. The molecule has 0 saturated carbocycles. The lowest BCUT2D eigenvalue weighted by atomic mass is 9.91. The number of hydrogen-bond donors (Lipinski definition) is 1. The Balaban J connectivity index is 1.59. The molecular weight excluding hydrogens is 306 g/mol. The number of nitrogens with zero attached hydrogens (tertiary/aromatic N) is 2. The molecule has 2 saturated heterocycles. The Morgan fingerprint density at radius 3 is 2.58 bits per heavy atom. The second-order valence-corrected chi connectivity index (χ2v) is 6.83. The first-order valence-electron chi connectivity index (χ1n) is 8.54. The average Bonchev–Trinajstić information content (AvgIpc) is 2.90. The van der Waals surface area contributed by atoms with E-state index in [0.29, 0.717) is 39.0 Å². The Hall–Kier alpha value is -2.08. The van der Waals surface area contributed by atoms with Crippen LogP contribution in [0.5, 0.6) is 0 Å². The molecule has 1 aromatic carbocycles. The van der Waals surface area contributed by atoms with Crippen LogP contribution in [0, 0.1) is 0 Å². The number of nitrogens with two attached hydrogens (primary N) is 1. The zero-order chi connectivity index (χ0) is 17.2. The number of ether oxygens (including phenoxy) is 1. The summed E-state index contributed by atoms with van der Waals surface area (Å²) >= 11 is 0. The average molecular weight is 331 g/mol. The number of likely N-dealkylation sites (tertiary alicyclic amines) is 1. The van der Waals surface area contributed by atoms with Gasteiger partial charge in [-0.05, 0) is 11.5 Å². The maximum atomic E-state index is 12.3. The van der Waals surface area contributed by atoms with Crippen molar-refractivity contribution in [3.05, 3.63) is 35.9 Å². The number of rotatable bonds is 4. The fourth-order valence-corrected chi connectivity index (χ4v) is 3.60. The molecule has 0 aliphatic carbocycles. The van der Waals surface area contributed by atoms with Crippen molar-refractivity contribution in [1.29, 1.82) is 0 Å². The summed E-state index contributed by atoms with van der Waals surface area (Å²) in [5.41, 5.74) is 6.19. The smallest absolute Gasteiger partial charge is 0.410 e. The lowest BCUT2D eigenvalue weighted by molar-refractivity contribution is -0.133. The third-order valence-electron chi connectivity index (χ3n) is 5.11. The third-order valence-corrected chi connectivity index (χ3v) is 5.11. The topological polar surface area (TPSA) is 75.9 Å². The van der Waals surface area contributed by atoms with Gasteiger partial charge in [-0.15, -0.1) is 0 Å². The van der Waals surface area contributed by atoms with Crippen LogP contribution in [0.3, 0.4) is 0 Å². The van der Waals surface area contributed by atoms with E-state index in [1.54, 1.807) is 9.80 Å². The third kappa shape index (κ3) is 3.38. The van der Waals surface area contributed by atoms with Crippen molar-refractivity contribution < 1.29 is 14.3 Å². The quantitative estimate of drug-likeness (QED) is 0.908. The van der Waals surface area contributed by atoms with E-state index in [4.69, 9.17) is 10.5 Å². The fourth-order valence-electron chi connectivity index (χ4n) is 3.60. The molecule has 6 nitrogen and oxygen atoms in total. The number of carbonyl (C=O) groups excluding carboxylic acids is 2. The van der Waals surface area contributed by atoms with Gasteiger partial charge < -0.3 is 20.3 Å². The van der Waals surface area contributed by atoms with Crippen molar-refractivity contribution in [2.45, 2.75) is 31.3 Å². The highest BCUT2D eigenvalue weighted by molar-refractivity contribution is 5.78. The minimum atomic E-state index is -0.446. The molecule has 0 bridgehead atoms. The summed E-state index contributed by atoms with van der Waals surface area (Å²) in [5, 5.41) is 0. The maximum Gasteiger partial charge on any atom is 0.410 e. The lowest BCUT2D eigenvalue weighted by Gasteiger charge is -2.37. The van der Waals surface area contributed by atoms with Gasteiger partial charge in [0.15, 0.2) is 0 Å². The Morgan fingerprint density at radius 2 is 1.96 bits per heavy atom. The molecule has 2 heterocycles. The zero-order valence-corrected chi connectivity index (χ0v) is 14.1. The van der Waals surface area contributed by atoms with Crippen molar-refractivity contribution in [1.82, 2.24) is 9.80 Å². The highest BCUT2D eigenvalue weighted by atomic mass is 16.6. The van der Waals surface area contributed by atoms with E-state index in [1.807, 2.05) is 18.2 Å². The molecular formula is C18H25N3O3. The number of carbonyl (C=O) groups is 2. The van der Waals surface area contributed by atoms with Gasteiger partial charge >= 0.3 is 6.09 Å². The molecule has 0 aromatic heterocycles. The van der Waals surface area contributed by atoms with Gasteiger partial charge in [0.05, 0.1) is 13.1 Å². The predicted molar refractivity (Wildman–Crippen MR) is 90.5 cm³/mol. The molecule has 1 spiro atoms. The summed E-state index contributed by atoms with van der Waals surface area (Å²) < 4.78 is 5.72. The summed E-state index contributed by atoms with van der Waals surface area (Å²) in [4.78, 5) is 27.5. The second kappa shape index (κ2) is 6.81. The normalized spacial score (nSPS) is 21.0. The monoisotopic (exact) mass is 331 g/mol. The molecule has 1 atom stereocenters. The molecule has 1 aromatic rings. The highest BCUT2D eigenvalue weighted by Gasteiger charge is 2.47. The van der Waals surface area contributed by atoms with E-state index in [-0.39, 0.29) is 24.5 Å². The summed E-state index contributed by atoms with van der Waals surface area (Å²) in [6.07, 6.45) is 1.12. The van der Waals surface area contributed by atoms with Gasteiger partial charge in [0.1, 0.15) is 5.60 Å². The molecule has 3 rings (SSSR count). The highest BCUT2D eigenvalue weighted by Crippen LogP contribution is 2.34. The first-order valence-corrected chi connectivity index (χ1v) is 8.54. The van der Waals surface area contributed by atoms with Gasteiger partial charge in [0.2, 0.25) is 5.91 Å². The molecule has 2 aliphatic rings. The molecule has 2 N–H and O–H groups in total. The van der Waals surface area contributed by atoms with E-state index < -0.39 is 5.60 Å². The van der Waals surface area contributed by atoms with Crippen LogP contribution in [0.15, 0.2) is 30.3 Å². The molecule has 1 unspecified atom stereocenters. The van der Waals surface area contributed by atoms with Crippen molar-refractivity contribution in [3.63, 3.8) is 0 Å². The summed E-state index contributed by atoms with van der Waals surface area (Å²) in [6.45, 7) is 4.62. The predicted octanol–water partition coefficient (Wildman–Crippen LogP) is 1.56. The Labute approximate surface area is 142 Å². The van der Waals surface area contributed by atoms with Gasteiger partial charge in [-0.3, -0.25) is 4.79 Å². The summed E-state index contributed by atoms with van der Waals surface area (Å²) in [7, 11) is 0. The standard InChI is InChI=1S/C18H25N3O3/c1-14(15-5-3-2-4-6-15)12-21-13-18(24-17(21)23)7-9-20(10-8-18)16(22)11-19/h2-6,14H,7-13,19H2,1H3. The Kier molecular flexibility index (Phi) is 4.76. The molecule has 130 valence electrons. The molecule has 0 radical (unpaired) electrons. The van der Waals surface area contributed by atoms with Gasteiger partial charge in [0.25, 0.3) is 0 Å². The second-order valence-electron chi connectivity index (χ2n) is 6.83. The van der Waals surface area contributed by atoms with Gasteiger partial charge in [0, 0.05) is 32.5 Å². The van der Waals surface area contributed by atoms with Gasteiger partial charge in [-0.25, -0.2) is 4.79 Å². The van der Waals surface area contributed by atoms with Crippen molar-refractivity contribution in [2.75, 3.05) is 32.7 Å². The van der Waals surface area contributed by atoms with E-state index in [2.05, 4.69) is 19.1 Å². The molecule has 2 aliphatic heterocycles. The molecule has 2 fully saturated rings. The first-order chi connectivity index (χ1) is 11.5. The number of hydrogen-bond acceptors (Lipinski definition) is 4. The van der Waals surface area contributed by atoms with Crippen LogP contribution in [0.1, 0.15) is 31.2 Å². The van der Waals surface area contributed by atoms with Crippen LogP contribution in [-0.2, 0) is 9.53 Å². The summed E-state index contributed by atoms with van der Waals surface area (Å²) in [6, 6.07) is 10.2. The van der Waals surface area contributed by atoms with Crippen LogP contribution in [0.4, 0.5) is 4.79 Å². The maximum absolute atomic E-state index is 12.3. The Morgan fingerprint density at radius 1 is 1.29 bits per heavy atom. The lowest BCUT2D eigenvalue weighted by Crippen LogP contribution is -2.50. The van der Waals surface area contributed by atoms with Crippen molar-refractivity contribution >= 4 is 12.0 Å². The van der Waals surface area contributed by atoms with Crippen LogP contribution >= 0.6 is 0 Å². The van der Waals surface area contributed by atoms with Crippen LogP contribution in [-0.4, -0.2) is 60.1 Å². The van der Waals surface area contributed by atoms with Crippen molar-refractivity contribution in [2.24, 2.45) is 5.73 Å². The van der Waals surface area contributed by atoms with E-state index in [9.17, 15) is 9.59 Å². The SMILES string of the molecule is CC(CN1CC2(CCN(C(=O)CN)CC2)OC1=O)c1ccccc1. The van der Waals surface area contributed by atoms with Crippen LogP contribution in [0.25, 0.3) is 0 Å². The van der Waals surface area contributed by atoms with E-state index in [0.717, 1.165) is 0 Å². The molecule has 24 heavy (non-hydrogen) atoms. The largest absolute Gasteiger partial charge is 0.441 e. The summed E-state index contributed by atoms with van der Waals surface area (Å²) in [5.74, 6) is 0.219. The van der Waals surface area contributed by atoms with Gasteiger partial charge in [-0.2, -0.15) is 0 Å². The first kappa shape index (κ1) is 16.8.